The molecule has 0 atom stereocenters. The van der Waals surface area contributed by atoms with Crippen LogP contribution in [-0.2, 0) is 4.74 Å². The van der Waals surface area contributed by atoms with Crippen LogP contribution in [0.2, 0.25) is 0 Å². The second-order valence-corrected chi connectivity index (χ2v) is 9.54. The Morgan fingerprint density at radius 1 is 1.20 bits per heavy atom. The molecule has 1 aromatic heterocycles. The molecule has 1 fully saturated rings. The third-order valence-electron chi connectivity index (χ3n) is 5.11. The maximum Gasteiger partial charge on any atom is 0.260 e. The molecule has 0 bridgehead atoms. The van der Waals surface area contributed by atoms with Crippen molar-refractivity contribution in [2.75, 3.05) is 50.0 Å². The molecule has 0 unspecified atom stereocenters. The van der Waals surface area contributed by atoms with Crippen molar-refractivity contribution in [1.82, 2.24) is 9.88 Å². The predicted molar refractivity (Wildman–Crippen MR) is 126 cm³/mol. The van der Waals surface area contributed by atoms with Gasteiger partial charge < -0.3 is 4.74 Å². The Balaban J connectivity index is 1.55. The number of para-hydroxylation sites is 1. The lowest BCUT2D eigenvalue weighted by molar-refractivity contribution is 0.0376. The molecule has 0 radical (unpaired) electrons. The van der Waals surface area contributed by atoms with Crippen LogP contribution in [0.3, 0.4) is 0 Å². The summed E-state index contributed by atoms with van der Waals surface area (Å²) in [6, 6.07) is 16.0. The minimum atomic E-state index is 0.0228. The quantitative estimate of drug-likeness (QED) is 0.471. The summed E-state index contributed by atoms with van der Waals surface area (Å²) in [4.78, 5) is 23.7. The second kappa shape index (κ2) is 10.4. The summed E-state index contributed by atoms with van der Waals surface area (Å²) < 4.78 is 6.55. The maximum atomic E-state index is 13.5. The Kier molecular flexibility index (Phi) is 7.38. The number of morpholine rings is 1. The molecule has 158 valence electrons. The van der Waals surface area contributed by atoms with Crippen molar-refractivity contribution in [3.05, 3.63) is 54.1 Å². The molecule has 1 aliphatic heterocycles. The molecule has 1 saturated heterocycles. The zero-order valence-corrected chi connectivity index (χ0v) is 18.9. The zero-order chi connectivity index (χ0) is 20.8. The van der Waals surface area contributed by atoms with Gasteiger partial charge in [-0.25, -0.2) is 4.98 Å². The van der Waals surface area contributed by atoms with Crippen LogP contribution in [0.25, 0.3) is 10.2 Å². The standard InChI is InChI=1S/C23H27N3O2S2/c1-2-29-19-8-5-7-18(17-19)22(27)26(12-6-11-25-13-15-28-16-14-25)23-24-20-9-3-4-10-21(20)30-23/h3-5,7-10,17H,2,6,11-16H2,1H3. The van der Waals surface area contributed by atoms with Crippen LogP contribution >= 0.6 is 23.1 Å². The Morgan fingerprint density at radius 2 is 2.03 bits per heavy atom. The highest BCUT2D eigenvalue weighted by Crippen LogP contribution is 2.30. The smallest absolute Gasteiger partial charge is 0.260 e. The predicted octanol–water partition coefficient (Wildman–Crippen LogP) is 4.78. The van der Waals surface area contributed by atoms with Gasteiger partial charge in [-0.15, -0.1) is 11.8 Å². The van der Waals surface area contributed by atoms with Gasteiger partial charge in [0.25, 0.3) is 5.91 Å². The lowest BCUT2D eigenvalue weighted by atomic mass is 10.2. The molecule has 1 amide bonds. The molecule has 2 heterocycles. The average Bonchev–Trinajstić information content (AvgIpc) is 3.21. The highest BCUT2D eigenvalue weighted by Gasteiger charge is 2.22. The molecule has 0 saturated carbocycles. The number of amides is 1. The zero-order valence-electron chi connectivity index (χ0n) is 17.3. The van der Waals surface area contributed by atoms with Gasteiger partial charge in [0.1, 0.15) is 0 Å². The molecule has 0 N–H and O–H groups in total. The van der Waals surface area contributed by atoms with Gasteiger partial charge in [0, 0.05) is 36.6 Å². The topological polar surface area (TPSA) is 45.7 Å². The summed E-state index contributed by atoms with van der Waals surface area (Å²) >= 11 is 3.34. The number of rotatable bonds is 8. The number of carbonyl (C=O) groups is 1. The Bertz CT molecular complexity index is 952. The van der Waals surface area contributed by atoms with E-state index in [2.05, 4.69) is 24.0 Å². The number of thioether (sulfide) groups is 1. The van der Waals surface area contributed by atoms with Gasteiger partial charge in [0.2, 0.25) is 0 Å². The van der Waals surface area contributed by atoms with E-state index >= 15 is 0 Å². The monoisotopic (exact) mass is 441 g/mol. The van der Waals surface area contributed by atoms with Crippen LogP contribution in [0.1, 0.15) is 23.7 Å². The maximum absolute atomic E-state index is 13.5. The Labute approximate surface area is 186 Å². The second-order valence-electron chi connectivity index (χ2n) is 7.19. The number of carbonyl (C=O) groups excluding carboxylic acids is 1. The Morgan fingerprint density at radius 3 is 2.83 bits per heavy atom. The van der Waals surface area contributed by atoms with Gasteiger partial charge in [-0.3, -0.25) is 14.6 Å². The van der Waals surface area contributed by atoms with Crippen LogP contribution in [0.4, 0.5) is 5.13 Å². The third kappa shape index (κ3) is 5.21. The van der Waals surface area contributed by atoms with Crippen LogP contribution in [-0.4, -0.2) is 60.9 Å². The van der Waals surface area contributed by atoms with E-state index in [0.717, 1.165) is 70.8 Å². The number of thiazole rings is 1. The highest BCUT2D eigenvalue weighted by molar-refractivity contribution is 7.99. The van der Waals surface area contributed by atoms with Gasteiger partial charge in [-0.05, 0) is 42.5 Å². The SMILES string of the molecule is CCSc1cccc(C(=O)N(CCCN2CCOCC2)c2nc3ccccc3s2)c1. The number of fused-ring (bicyclic) bond motifs is 1. The lowest BCUT2D eigenvalue weighted by Gasteiger charge is -2.27. The first-order chi connectivity index (χ1) is 14.7. The number of hydrogen-bond donors (Lipinski definition) is 0. The van der Waals surface area contributed by atoms with E-state index < -0.39 is 0 Å². The van der Waals surface area contributed by atoms with Crippen molar-refractivity contribution in [3.63, 3.8) is 0 Å². The van der Waals surface area contributed by atoms with Gasteiger partial charge in [0.15, 0.2) is 5.13 Å². The van der Waals surface area contributed by atoms with E-state index in [0.29, 0.717) is 6.54 Å². The molecule has 4 rings (SSSR count). The van der Waals surface area contributed by atoms with Gasteiger partial charge in [-0.1, -0.05) is 36.5 Å². The summed E-state index contributed by atoms with van der Waals surface area (Å²) in [6.07, 6.45) is 0.908. The van der Waals surface area contributed by atoms with Crippen molar-refractivity contribution >= 4 is 44.4 Å². The first kappa shape index (κ1) is 21.3. The minimum absolute atomic E-state index is 0.0228. The number of anilines is 1. The molecular weight excluding hydrogens is 414 g/mol. The van der Waals surface area contributed by atoms with Crippen LogP contribution in [0, 0.1) is 0 Å². The van der Waals surface area contributed by atoms with Crippen LogP contribution in [0.5, 0.6) is 0 Å². The first-order valence-electron chi connectivity index (χ1n) is 10.4. The fraction of sp³-hybridized carbons (Fsp3) is 0.391. The summed E-state index contributed by atoms with van der Waals surface area (Å²) in [5.41, 5.74) is 1.66. The molecule has 5 nitrogen and oxygen atoms in total. The number of nitrogens with zero attached hydrogens (tertiary/aromatic N) is 3. The average molecular weight is 442 g/mol. The third-order valence-corrected chi connectivity index (χ3v) is 7.05. The largest absolute Gasteiger partial charge is 0.379 e. The van der Waals surface area contributed by atoms with E-state index in [9.17, 15) is 4.79 Å². The fourth-order valence-electron chi connectivity index (χ4n) is 3.58. The molecule has 2 aromatic carbocycles. The summed E-state index contributed by atoms with van der Waals surface area (Å²) in [5, 5.41) is 0.775. The Hall–Kier alpha value is -1.93. The van der Waals surface area contributed by atoms with Gasteiger partial charge in [-0.2, -0.15) is 0 Å². The van der Waals surface area contributed by atoms with Crippen LogP contribution in [0.15, 0.2) is 53.4 Å². The normalized spacial score (nSPS) is 14.8. The van der Waals surface area contributed by atoms with Gasteiger partial charge in [0.05, 0.1) is 23.4 Å². The van der Waals surface area contributed by atoms with Crippen LogP contribution < -0.4 is 4.90 Å². The summed E-state index contributed by atoms with van der Waals surface area (Å²) in [7, 11) is 0. The molecule has 3 aromatic rings. The van der Waals surface area contributed by atoms with Crippen molar-refractivity contribution in [2.24, 2.45) is 0 Å². The molecule has 0 aliphatic carbocycles. The molecule has 0 spiro atoms. The van der Waals surface area contributed by atoms with E-state index in [1.54, 1.807) is 23.1 Å². The first-order valence-corrected chi connectivity index (χ1v) is 12.2. The van der Waals surface area contributed by atoms with Gasteiger partial charge >= 0.3 is 0 Å². The highest BCUT2D eigenvalue weighted by atomic mass is 32.2. The van der Waals surface area contributed by atoms with E-state index in [4.69, 9.17) is 9.72 Å². The van der Waals surface area contributed by atoms with Crippen molar-refractivity contribution in [1.29, 1.82) is 0 Å². The summed E-state index contributed by atoms with van der Waals surface area (Å²) in [6.45, 7) is 7.25. The number of ether oxygens (including phenoxy) is 1. The molecule has 1 aliphatic rings. The molecular formula is C23H27N3O2S2. The van der Waals surface area contributed by atoms with Crippen molar-refractivity contribution in [3.8, 4) is 0 Å². The van der Waals surface area contributed by atoms with Crippen molar-refractivity contribution in [2.45, 2.75) is 18.2 Å². The van der Waals surface area contributed by atoms with E-state index in [1.165, 1.54) is 0 Å². The molecule has 30 heavy (non-hydrogen) atoms. The fourth-order valence-corrected chi connectivity index (χ4v) is 5.29. The number of benzene rings is 2. The lowest BCUT2D eigenvalue weighted by Crippen LogP contribution is -2.39. The molecule has 7 heteroatoms. The summed E-state index contributed by atoms with van der Waals surface area (Å²) in [5.74, 6) is 1.01. The van der Waals surface area contributed by atoms with Crippen molar-refractivity contribution < 1.29 is 9.53 Å². The van der Waals surface area contributed by atoms with E-state index in [1.807, 2.05) is 41.3 Å². The number of hydrogen-bond acceptors (Lipinski definition) is 6. The number of aromatic nitrogens is 1. The minimum Gasteiger partial charge on any atom is -0.379 e. The van der Waals surface area contributed by atoms with E-state index in [-0.39, 0.29) is 5.91 Å².